The van der Waals surface area contributed by atoms with E-state index in [9.17, 15) is 0 Å². The molecule has 0 unspecified atom stereocenters. The number of hydrogen-bond acceptors (Lipinski definition) is 2. The summed E-state index contributed by atoms with van der Waals surface area (Å²) in [5.41, 5.74) is 10.4. The molecule has 2 heteroatoms. The summed E-state index contributed by atoms with van der Waals surface area (Å²) in [4.78, 5) is 0. The molecule has 2 N–H and O–H groups in total. The smallest absolute Gasteiger partial charge is 0.130 e. The largest absolute Gasteiger partial charge is 0.457 e. The molecule has 0 aliphatic carbocycles. The molecular weight excluding hydrogens is 222 g/mol. The quantitative estimate of drug-likeness (QED) is 0.885. The number of rotatable bonds is 3. The highest BCUT2D eigenvalue weighted by Crippen LogP contribution is 2.28. The van der Waals surface area contributed by atoms with Crippen molar-refractivity contribution in [2.45, 2.75) is 27.3 Å². The van der Waals surface area contributed by atoms with Gasteiger partial charge in [-0.25, -0.2) is 0 Å². The van der Waals surface area contributed by atoms with Gasteiger partial charge in [0.05, 0.1) is 0 Å². The Labute approximate surface area is 108 Å². The van der Waals surface area contributed by atoms with Gasteiger partial charge in [-0.05, 0) is 61.2 Å². The Kier molecular flexibility index (Phi) is 3.68. The molecule has 2 aromatic carbocycles. The molecule has 0 amide bonds. The Morgan fingerprint density at radius 1 is 1.06 bits per heavy atom. The zero-order chi connectivity index (χ0) is 13.1. The molecular formula is C16H19NO. The van der Waals surface area contributed by atoms with Crippen LogP contribution in [0.1, 0.15) is 22.3 Å². The minimum Gasteiger partial charge on any atom is -0.457 e. The molecule has 0 radical (unpaired) electrons. The van der Waals surface area contributed by atoms with Crippen LogP contribution in [0.4, 0.5) is 0 Å². The first kappa shape index (κ1) is 12.7. The maximum absolute atomic E-state index is 5.96. The van der Waals surface area contributed by atoms with Crippen LogP contribution in [0, 0.1) is 20.8 Å². The van der Waals surface area contributed by atoms with Gasteiger partial charge in [-0.15, -0.1) is 0 Å². The SMILES string of the molecule is Cc1cc(C)c(C)c(Oc2cccc(CN)c2)c1. The predicted molar refractivity (Wildman–Crippen MR) is 75.1 cm³/mol. The van der Waals surface area contributed by atoms with Crippen molar-refractivity contribution in [1.29, 1.82) is 0 Å². The lowest BCUT2D eigenvalue weighted by molar-refractivity contribution is 0.477. The first-order valence-corrected chi connectivity index (χ1v) is 6.15. The van der Waals surface area contributed by atoms with Crippen LogP contribution in [0.25, 0.3) is 0 Å². The summed E-state index contributed by atoms with van der Waals surface area (Å²) in [6.07, 6.45) is 0. The van der Waals surface area contributed by atoms with Crippen LogP contribution in [-0.4, -0.2) is 0 Å². The van der Waals surface area contributed by atoms with E-state index < -0.39 is 0 Å². The zero-order valence-electron chi connectivity index (χ0n) is 11.2. The van der Waals surface area contributed by atoms with Gasteiger partial charge in [0.15, 0.2) is 0 Å². The maximum Gasteiger partial charge on any atom is 0.130 e. The Balaban J connectivity index is 2.33. The minimum absolute atomic E-state index is 0.531. The van der Waals surface area contributed by atoms with E-state index >= 15 is 0 Å². The monoisotopic (exact) mass is 241 g/mol. The fourth-order valence-electron chi connectivity index (χ4n) is 1.97. The number of aryl methyl sites for hydroxylation is 2. The second-order valence-corrected chi connectivity index (χ2v) is 4.66. The van der Waals surface area contributed by atoms with E-state index in [0.717, 1.165) is 17.1 Å². The normalized spacial score (nSPS) is 10.4. The molecule has 0 saturated carbocycles. The molecule has 2 aromatic rings. The Morgan fingerprint density at radius 3 is 2.56 bits per heavy atom. The maximum atomic E-state index is 5.96. The molecule has 2 rings (SSSR count). The third-order valence-electron chi connectivity index (χ3n) is 3.13. The van der Waals surface area contributed by atoms with Crippen LogP contribution in [0.5, 0.6) is 11.5 Å². The molecule has 0 bridgehead atoms. The van der Waals surface area contributed by atoms with E-state index in [1.165, 1.54) is 16.7 Å². The van der Waals surface area contributed by atoms with Crippen LogP contribution in [-0.2, 0) is 6.54 Å². The van der Waals surface area contributed by atoms with E-state index in [0.29, 0.717) is 6.54 Å². The highest BCUT2D eigenvalue weighted by Gasteiger charge is 2.05. The highest BCUT2D eigenvalue weighted by atomic mass is 16.5. The van der Waals surface area contributed by atoms with Gasteiger partial charge < -0.3 is 10.5 Å². The van der Waals surface area contributed by atoms with Crippen molar-refractivity contribution in [1.82, 2.24) is 0 Å². The average molecular weight is 241 g/mol. The zero-order valence-corrected chi connectivity index (χ0v) is 11.2. The molecule has 0 aromatic heterocycles. The predicted octanol–water partition coefficient (Wildman–Crippen LogP) is 3.86. The number of hydrogen-bond donors (Lipinski definition) is 1. The van der Waals surface area contributed by atoms with Gasteiger partial charge in [-0.3, -0.25) is 0 Å². The van der Waals surface area contributed by atoms with E-state index in [1.54, 1.807) is 0 Å². The minimum atomic E-state index is 0.531. The van der Waals surface area contributed by atoms with Crippen molar-refractivity contribution in [3.8, 4) is 11.5 Å². The van der Waals surface area contributed by atoms with Crippen LogP contribution < -0.4 is 10.5 Å². The molecule has 0 aliphatic rings. The number of nitrogens with two attached hydrogens (primary N) is 1. The lowest BCUT2D eigenvalue weighted by Gasteiger charge is -2.12. The molecule has 94 valence electrons. The third kappa shape index (κ3) is 2.71. The summed E-state index contributed by atoms with van der Waals surface area (Å²) in [5.74, 6) is 1.76. The standard InChI is InChI=1S/C16H19NO/c1-11-7-12(2)13(3)16(8-11)18-15-6-4-5-14(9-15)10-17/h4-9H,10,17H2,1-3H3. The molecule has 18 heavy (non-hydrogen) atoms. The van der Waals surface area contributed by atoms with E-state index in [-0.39, 0.29) is 0 Å². The van der Waals surface area contributed by atoms with Crippen molar-refractivity contribution < 1.29 is 4.74 Å². The fourth-order valence-corrected chi connectivity index (χ4v) is 1.97. The number of benzene rings is 2. The van der Waals surface area contributed by atoms with Gasteiger partial charge in [0.25, 0.3) is 0 Å². The average Bonchev–Trinajstić information content (AvgIpc) is 2.35. The summed E-state index contributed by atoms with van der Waals surface area (Å²) in [7, 11) is 0. The molecule has 0 heterocycles. The van der Waals surface area contributed by atoms with E-state index in [2.05, 4.69) is 32.9 Å². The molecule has 0 spiro atoms. The molecule has 0 aliphatic heterocycles. The summed E-state index contributed by atoms with van der Waals surface area (Å²) < 4.78 is 5.96. The Hall–Kier alpha value is -1.80. The molecule has 0 fully saturated rings. The first-order chi connectivity index (χ1) is 8.60. The summed E-state index contributed by atoms with van der Waals surface area (Å²) >= 11 is 0. The topological polar surface area (TPSA) is 35.2 Å². The van der Waals surface area contributed by atoms with Crippen LogP contribution in [0.2, 0.25) is 0 Å². The molecule has 0 saturated heterocycles. The van der Waals surface area contributed by atoms with Gasteiger partial charge in [0.1, 0.15) is 11.5 Å². The van der Waals surface area contributed by atoms with Gasteiger partial charge >= 0.3 is 0 Å². The Bertz CT molecular complexity index is 561. The van der Waals surface area contributed by atoms with Crippen molar-refractivity contribution in [3.05, 3.63) is 58.7 Å². The summed E-state index contributed by atoms with van der Waals surface area (Å²) in [5, 5.41) is 0. The second kappa shape index (κ2) is 5.23. The number of ether oxygens (including phenoxy) is 1. The molecule has 2 nitrogen and oxygen atoms in total. The fraction of sp³-hybridized carbons (Fsp3) is 0.250. The third-order valence-corrected chi connectivity index (χ3v) is 3.13. The lowest BCUT2D eigenvalue weighted by Crippen LogP contribution is -1.97. The van der Waals surface area contributed by atoms with Crippen LogP contribution >= 0.6 is 0 Å². The van der Waals surface area contributed by atoms with Crippen LogP contribution in [0.3, 0.4) is 0 Å². The lowest BCUT2D eigenvalue weighted by atomic mass is 10.1. The van der Waals surface area contributed by atoms with Crippen molar-refractivity contribution in [3.63, 3.8) is 0 Å². The highest BCUT2D eigenvalue weighted by molar-refractivity contribution is 5.44. The van der Waals surface area contributed by atoms with E-state index in [1.807, 2.05) is 24.3 Å². The van der Waals surface area contributed by atoms with Crippen molar-refractivity contribution >= 4 is 0 Å². The first-order valence-electron chi connectivity index (χ1n) is 6.15. The van der Waals surface area contributed by atoms with Gasteiger partial charge in [-0.2, -0.15) is 0 Å². The van der Waals surface area contributed by atoms with Gasteiger partial charge in [0, 0.05) is 6.54 Å². The summed E-state index contributed by atoms with van der Waals surface area (Å²) in [6, 6.07) is 12.1. The van der Waals surface area contributed by atoms with Gasteiger partial charge in [0.2, 0.25) is 0 Å². The van der Waals surface area contributed by atoms with Crippen molar-refractivity contribution in [2.75, 3.05) is 0 Å². The van der Waals surface area contributed by atoms with E-state index in [4.69, 9.17) is 10.5 Å². The Morgan fingerprint density at radius 2 is 1.83 bits per heavy atom. The van der Waals surface area contributed by atoms with Crippen LogP contribution in [0.15, 0.2) is 36.4 Å². The summed E-state index contributed by atoms with van der Waals surface area (Å²) in [6.45, 7) is 6.79. The van der Waals surface area contributed by atoms with Crippen molar-refractivity contribution in [2.24, 2.45) is 5.73 Å². The van der Waals surface area contributed by atoms with Gasteiger partial charge in [-0.1, -0.05) is 18.2 Å². The second-order valence-electron chi connectivity index (χ2n) is 4.66. The molecule has 0 atom stereocenters.